The average Bonchev–Trinajstić information content (AvgIpc) is 2.39. The molecule has 0 saturated carbocycles. The van der Waals surface area contributed by atoms with Crippen LogP contribution in [-0.4, -0.2) is 34.3 Å². The van der Waals surface area contributed by atoms with Crippen molar-refractivity contribution in [1.82, 2.24) is 9.97 Å². The Kier molecular flexibility index (Phi) is 7.30. The van der Waals surface area contributed by atoms with E-state index in [9.17, 15) is 5.11 Å². The lowest BCUT2D eigenvalue weighted by Gasteiger charge is -2.14. The van der Waals surface area contributed by atoms with E-state index < -0.39 is 0 Å². The fraction of sp³-hybridized carbons (Fsp3) is 0.733. The van der Waals surface area contributed by atoms with E-state index in [0.29, 0.717) is 0 Å². The Morgan fingerprint density at radius 1 is 1.15 bits per heavy atom. The van der Waals surface area contributed by atoms with E-state index in [4.69, 9.17) is 0 Å². The van der Waals surface area contributed by atoms with Crippen molar-refractivity contribution in [2.75, 3.05) is 23.7 Å². The molecule has 114 valence electrons. The van der Waals surface area contributed by atoms with Crippen LogP contribution in [0.4, 0.5) is 11.6 Å². The van der Waals surface area contributed by atoms with Crippen LogP contribution in [0.15, 0.2) is 0 Å². The first-order chi connectivity index (χ1) is 9.58. The maximum Gasteiger partial charge on any atom is 0.134 e. The van der Waals surface area contributed by atoms with Crippen molar-refractivity contribution in [1.29, 1.82) is 0 Å². The first-order valence-corrected chi connectivity index (χ1v) is 7.61. The lowest BCUT2D eigenvalue weighted by atomic mass is 10.2. The van der Waals surface area contributed by atoms with Gasteiger partial charge >= 0.3 is 0 Å². The summed E-state index contributed by atoms with van der Waals surface area (Å²) < 4.78 is 0. The van der Waals surface area contributed by atoms with Crippen LogP contribution in [0.5, 0.6) is 0 Å². The highest BCUT2D eigenvalue weighted by atomic mass is 16.3. The van der Waals surface area contributed by atoms with Gasteiger partial charge in [0.2, 0.25) is 0 Å². The molecule has 0 aliphatic rings. The Morgan fingerprint density at radius 2 is 1.80 bits per heavy atom. The van der Waals surface area contributed by atoms with Gasteiger partial charge in [-0.3, -0.25) is 0 Å². The van der Waals surface area contributed by atoms with Crippen LogP contribution in [0.3, 0.4) is 0 Å². The molecule has 5 heteroatoms. The van der Waals surface area contributed by atoms with E-state index in [2.05, 4.69) is 34.4 Å². The minimum absolute atomic E-state index is 0.240. The molecule has 1 atom stereocenters. The van der Waals surface area contributed by atoms with Crippen LogP contribution >= 0.6 is 0 Å². The topological polar surface area (TPSA) is 70.1 Å². The normalized spacial score (nSPS) is 12.2. The average molecular weight is 280 g/mol. The Morgan fingerprint density at radius 3 is 2.35 bits per heavy atom. The van der Waals surface area contributed by atoms with Gasteiger partial charge in [-0.1, -0.05) is 6.92 Å². The van der Waals surface area contributed by atoms with Gasteiger partial charge in [0, 0.05) is 25.1 Å². The van der Waals surface area contributed by atoms with Crippen LogP contribution in [0.25, 0.3) is 0 Å². The maximum absolute atomic E-state index is 9.27. The number of aliphatic hydroxyl groups excluding tert-OH is 1. The Bertz CT molecular complexity index is 407. The highest BCUT2D eigenvalue weighted by molar-refractivity contribution is 5.57. The first kappa shape index (κ1) is 16.7. The molecule has 0 fully saturated rings. The zero-order valence-electron chi connectivity index (χ0n) is 13.2. The van der Waals surface area contributed by atoms with Crippen molar-refractivity contribution in [2.45, 2.75) is 59.5 Å². The quantitative estimate of drug-likeness (QED) is 0.607. The summed E-state index contributed by atoms with van der Waals surface area (Å²) in [6, 6.07) is 0. The number of aliphatic hydroxyl groups is 1. The SMILES string of the molecule is CCCc1nc(NCC)c(C)c(NCCCC(C)O)n1. The first-order valence-electron chi connectivity index (χ1n) is 7.61. The summed E-state index contributed by atoms with van der Waals surface area (Å²) in [5, 5.41) is 15.9. The second-order valence-corrected chi connectivity index (χ2v) is 5.16. The summed E-state index contributed by atoms with van der Waals surface area (Å²) in [4.78, 5) is 9.16. The number of rotatable bonds is 9. The molecule has 0 aliphatic heterocycles. The summed E-state index contributed by atoms with van der Waals surface area (Å²) in [6.07, 6.45) is 3.42. The fourth-order valence-corrected chi connectivity index (χ4v) is 2.01. The molecule has 20 heavy (non-hydrogen) atoms. The van der Waals surface area contributed by atoms with Crippen LogP contribution in [-0.2, 0) is 6.42 Å². The summed E-state index contributed by atoms with van der Waals surface area (Å²) >= 11 is 0. The Hall–Kier alpha value is -1.36. The molecule has 1 heterocycles. The lowest BCUT2D eigenvalue weighted by molar-refractivity contribution is 0.183. The summed E-state index contributed by atoms with van der Waals surface area (Å²) in [5.74, 6) is 2.71. The molecule has 3 N–H and O–H groups in total. The van der Waals surface area contributed by atoms with Gasteiger partial charge in [-0.25, -0.2) is 9.97 Å². The molecule has 1 unspecified atom stereocenters. The number of nitrogens with one attached hydrogen (secondary N) is 2. The number of hydrogen-bond donors (Lipinski definition) is 3. The van der Waals surface area contributed by atoms with Crippen molar-refractivity contribution in [3.63, 3.8) is 0 Å². The number of nitrogens with zero attached hydrogens (tertiary/aromatic N) is 2. The highest BCUT2D eigenvalue weighted by Crippen LogP contribution is 2.20. The molecule has 0 amide bonds. The standard InChI is InChI=1S/C15H28N4O/c1-5-8-13-18-14(16-6-2)12(4)15(19-13)17-10-7-9-11(3)20/h11,20H,5-10H2,1-4H3,(H2,16,17,18,19). The Balaban J connectivity index is 2.76. The smallest absolute Gasteiger partial charge is 0.134 e. The largest absolute Gasteiger partial charge is 0.393 e. The zero-order chi connectivity index (χ0) is 15.0. The second-order valence-electron chi connectivity index (χ2n) is 5.16. The molecule has 0 saturated heterocycles. The molecule has 1 aromatic heterocycles. The van der Waals surface area contributed by atoms with Gasteiger partial charge in [-0.2, -0.15) is 0 Å². The number of aromatic nitrogens is 2. The number of hydrogen-bond acceptors (Lipinski definition) is 5. The zero-order valence-corrected chi connectivity index (χ0v) is 13.2. The maximum atomic E-state index is 9.27. The number of anilines is 2. The van der Waals surface area contributed by atoms with Crippen molar-refractivity contribution in [2.24, 2.45) is 0 Å². The molecule has 0 spiro atoms. The van der Waals surface area contributed by atoms with Crippen molar-refractivity contribution in [3.8, 4) is 0 Å². The minimum atomic E-state index is -0.240. The molecular formula is C15H28N4O. The van der Waals surface area contributed by atoms with Crippen LogP contribution in [0.1, 0.15) is 51.4 Å². The van der Waals surface area contributed by atoms with Crippen molar-refractivity contribution < 1.29 is 5.11 Å². The molecule has 5 nitrogen and oxygen atoms in total. The summed E-state index contributed by atoms with van der Waals surface area (Å²) in [5.41, 5.74) is 1.06. The molecule has 0 bridgehead atoms. The van der Waals surface area contributed by atoms with Gasteiger partial charge < -0.3 is 15.7 Å². The van der Waals surface area contributed by atoms with Crippen LogP contribution in [0.2, 0.25) is 0 Å². The minimum Gasteiger partial charge on any atom is -0.393 e. The van der Waals surface area contributed by atoms with Gasteiger partial charge in [0.05, 0.1) is 6.10 Å². The summed E-state index contributed by atoms with van der Waals surface area (Å²) in [6.45, 7) is 9.72. The fourth-order valence-electron chi connectivity index (χ4n) is 2.01. The molecule has 0 aliphatic carbocycles. The number of aryl methyl sites for hydroxylation is 1. The van der Waals surface area contributed by atoms with E-state index in [-0.39, 0.29) is 6.10 Å². The second kappa shape index (κ2) is 8.74. The molecule has 1 rings (SSSR count). The lowest BCUT2D eigenvalue weighted by Crippen LogP contribution is -2.13. The Labute approximate surface area is 122 Å². The van der Waals surface area contributed by atoms with Gasteiger partial charge in [-0.05, 0) is 40.0 Å². The monoisotopic (exact) mass is 280 g/mol. The molecule has 1 aromatic rings. The van der Waals surface area contributed by atoms with Crippen molar-refractivity contribution >= 4 is 11.6 Å². The van der Waals surface area contributed by atoms with E-state index in [1.165, 1.54) is 0 Å². The third-order valence-corrected chi connectivity index (χ3v) is 3.10. The van der Waals surface area contributed by atoms with E-state index in [0.717, 1.165) is 61.8 Å². The van der Waals surface area contributed by atoms with Crippen LogP contribution in [0, 0.1) is 6.92 Å². The van der Waals surface area contributed by atoms with Gasteiger partial charge in [-0.15, -0.1) is 0 Å². The van der Waals surface area contributed by atoms with E-state index >= 15 is 0 Å². The van der Waals surface area contributed by atoms with E-state index in [1.54, 1.807) is 0 Å². The van der Waals surface area contributed by atoms with Gasteiger partial charge in [0.1, 0.15) is 17.5 Å². The van der Waals surface area contributed by atoms with Gasteiger partial charge in [0.25, 0.3) is 0 Å². The summed E-state index contributed by atoms with van der Waals surface area (Å²) in [7, 11) is 0. The highest BCUT2D eigenvalue weighted by Gasteiger charge is 2.09. The van der Waals surface area contributed by atoms with E-state index in [1.807, 2.05) is 13.8 Å². The van der Waals surface area contributed by atoms with Crippen LogP contribution < -0.4 is 10.6 Å². The predicted molar refractivity (Wildman–Crippen MR) is 84.3 cm³/mol. The predicted octanol–water partition coefficient (Wildman–Crippen LogP) is 2.74. The molecule has 0 aromatic carbocycles. The molecular weight excluding hydrogens is 252 g/mol. The van der Waals surface area contributed by atoms with Crippen molar-refractivity contribution in [3.05, 3.63) is 11.4 Å². The third-order valence-electron chi connectivity index (χ3n) is 3.10. The van der Waals surface area contributed by atoms with Gasteiger partial charge in [0.15, 0.2) is 0 Å². The molecule has 0 radical (unpaired) electrons. The third kappa shape index (κ3) is 5.33.